The van der Waals surface area contributed by atoms with Gasteiger partial charge in [0.25, 0.3) is 0 Å². The van der Waals surface area contributed by atoms with Crippen molar-refractivity contribution in [2.75, 3.05) is 13.2 Å². The Labute approximate surface area is 374 Å². The standard InChI is InChI=1S/C54H104O6/c1-5-8-10-12-14-16-18-20-21-22-23-25-27-29-35-39-43-47-54(57)60-51(49-59-53(56)46-42-38-34-31-30-32-36-40-44-50(4)7-3)48-58-52(55)45-41-37-33-28-26-24-19-17-15-13-11-9-6-2/h50-51H,5-49H2,1-4H3/t50?,51-/m1/s1. The van der Waals surface area contributed by atoms with Crippen molar-refractivity contribution in [2.45, 2.75) is 310 Å². The molecule has 0 N–H and O–H groups in total. The van der Waals surface area contributed by atoms with Crippen molar-refractivity contribution in [3.8, 4) is 0 Å². The molecule has 0 heterocycles. The van der Waals surface area contributed by atoms with Gasteiger partial charge in [0, 0.05) is 19.3 Å². The third kappa shape index (κ3) is 45.9. The predicted molar refractivity (Wildman–Crippen MR) is 257 cm³/mol. The SMILES string of the molecule is CCCCCCCCCCCCCCCCCCCC(=O)O[C@H](COC(=O)CCCCCCCCCCCCCCC)COC(=O)CCCCCCCCCCC(C)CC. The summed E-state index contributed by atoms with van der Waals surface area (Å²) in [6.07, 6.45) is 50.8. The minimum Gasteiger partial charge on any atom is -0.462 e. The van der Waals surface area contributed by atoms with Crippen LogP contribution in [-0.2, 0) is 28.6 Å². The highest BCUT2D eigenvalue weighted by atomic mass is 16.6. The van der Waals surface area contributed by atoms with Crippen LogP contribution in [0.4, 0.5) is 0 Å². The van der Waals surface area contributed by atoms with Crippen LogP contribution in [0.5, 0.6) is 0 Å². The Morgan fingerprint density at radius 2 is 0.583 bits per heavy atom. The number of unbranched alkanes of at least 4 members (excludes halogenated alkanes) is 35. The van der Waals surface area contributed by atoms with E-state index < -0.39 is 6.10 Å². The van der Waals surface area contributed by atoms with Gasteiger partial charge in [-0.3, -0.25) is 14.4 Å². The first-order chi connectivity index (χ1) is 29.4. The van der Waals surface area contributed by atoms with Crippen LogP contribution in [0.15, 0.2) is 0 Å². The Kier molecular flexibility index (Phi) is 47.2. The number of esters is 3. The molecule has 0 aromatic carbocycles. The molecule has 0 amide bonds. The van der Waals surface area contributed by atoms with E-state index in [1.165, 1.54) is 199 Å². The van der Waals surface area contributed by atoms with Crippen LogP contribution in [0, 0.1) is 5.92 Å². The van der Waals surface area contributed by atoms with Crippen molar-refractivity contribution in [2.24, 2.45) is 5.92 Å². The Hall–Kier alpha value is -1.59. The van der Waals surface area contributed by atoms with E-state index in [1.807, 2.05) is 0 Å². The molecule has 0 fully saturated rings. The van der Waals surface area contributed by atoms with E-state index in [2.05, 4.69) is 27.7 Å². The Balaban J connectivity index is 4.30. The summed E-state index contributed by atoms with van der Waals surface area (Å²) in [5.74, 6) is 0.00503. The second-order valence-corrected chi connectivity index (χ2v) is 18.8. The predicted octanol–water partition coefficient (Wildman–Crippen LogP) is 17.5. The van der Waals surface area contributed by atoms with Crippen LogP contribution < -0.4 is 0 Å². The van der Waals surface area contributed by atoms with E-state index in [0.717, 1.165) is 63.7 Å². The molecule has 0 saturated heterocycles. The van der Waals surface area contributed by atoms with E-state index in [4.69, 9.17) is 14.2 Å². The first kappa shape index (κ1) is 58.4. The lowest BCUT2D eigenvalue weighted by Gasteiger charge is -2.18. The first-order valence-corrected chi connectivity index (χ1v) is 26.9. The smallest absolute Gasteiger partial charge is 0.306 e. The summed E-state index contributed by atoms with van der Waals surface area (Å²) < 4.78 is 16.8. The normalized spacial score (nSPS) is 12.4. The van der Waals surface area contributed by atoms with Gasteiger partial charge >= 0.3 is 17.9 Å². The topological polar surface area (TPSA) is 78.9 Å². The van der Waals surface area contributed by atoms with Crippen LogP contribution in [0.1, 0.15) is 304 Å². The number of carbonyl (C=O) groups excluding carboxylic acids is 3. The molecule has 0 rings (SSSR count). The van der Waals surface area contributed by atoms with E-state index in [0.29, 0.717) is 19.3 Å². The van der Waals surface area contributed by atoms with Crippen LogP contribution in [-0.4, -0.2) is 37.2 Å². The number of rotatable bonds is 49. The monoisotopic (exact) mass is 849 g/mol. The first-order valence-electron chi connectivity index (χ1n) is 26.9. The van der Waals surface area contributed by atoms with Crippen LogP contribution in [0.3, 0.4) is 0 Å². The number of hydrogen-bond acceptors (Lipinski definition) is 6. The lowest BCUT2D eigenvalue weighted by molar-refractivity contribution is -0.167. The molecule has 0 radical (unpaired) electrons. The maximum Gasteiger partial charge on any atom is 0.306 e. The van der Waals surface area contributed by atoms with Crippen LogP contribution in [0.25, 0.3) is 0 Å². The fourth-order valence-electron chi connectivity index (χ4n) is 8.19. The second-order valence-electron chi connectivity index (χ2n) is 18.8. The van der Waals surface area contributed by atoms with Gasteiger partial charge in [-0.25, -0.2) is 0 Å². The van der Waals surface area contributed by atoms with Gasteiger partial charge in [-0.2, -0.15) is 0 Å². The molecule has 0 aromatic heterocycles. The molecule has 0 aliphatic heterocycles. The summed E-state index contributed by atoms with van der Waals surface area (Å²) in [7, 11) is 0. The molecule has 1 unspecified atom stereocenters. The van der Waals surface area contributed by atoms with Crippen molar-refractivity contribution in [1.82, 2.24) is 0 Å². The molecule has 6 nitrogen and oxygen atoms in total. The maximum absolute atomic E-state index is 12.8. The number of hydrogen-bond donors (Lipinski definition) is 0. The van der Waals surface area contributed by atoms with Crippen molar-refractivity contribution < 1.29 is 28.6 Å². The lowest BCUT2D eigenvalue weighted by atomic mass is 9.99. The molecule has 0 aromatic rings. The van der Waals surface area contributed by atoms with E-state index in [1.54, 1.807) is 0 Å². The fraction of sp³-hybridized carbons (Fsp3) is 0.944. The molecule has 356 valence electrons. The summed E-state index contributed by atoms with van der Waals surface area (Å²) in [6, 6.07) is 0. The van der Waals surface area contributed by atoms with Crippen molar-refractivity contribution in [3.63, 3.8) is 0 Å². The molecule has 0 aliphatic rings. The van der Waals surface area contributed by atoms with E-state index in [-0.39, 0.29) is 31.1 Å². The maximum atomic E-state index is 12.8. The Bertz CT molecular complexity index is 905. The van der Waals surface area contributed by atoms with Gasteiger partial charge < -0.3 is 14.2 Å². The number of carbonyl (C=O) groups is 3. The van der Waals surface area contributed by atoms with Crippen molar-refractivity contribution in [1.29, 1.82) is 0 Å². The molecule has 0 spiro atoms. The van der Waals surface area contributed by atoms with Gasteiger partial charge in [0.2, 0.25) is 0 Å². The summed E-state index contributed by atoms with van der Waals surface area (Å²) in [4.78, 5) is 38.0. The summed E-state index contributed by atoms with van der Waals surface area (Å²) >= 11 is 0. The molecule has 60 heavy (non-hydrogen) atoms. The molecular formula is C54H104O6. The van der Waals surface area contributed by atoms with Gasteiger partial charge in [-0.15, -0.1) is 0 Å². The van der Waals surface area contributed by atoms with Gasteiger partial charge in [0.05, 0.1) is 0 Å². The fourth-order valence-corrected chi connectivity index (χ4v) is 8.19. The molecule has 0 saturated carbocycles. The zero-order valence-electron chi connectivity index (χ0n) is 40.9. The number of ether oxygens (including phenoxy) is 3. The molecule has 0 aliphatic carbocycles. The van der Waals surface area contributed by atoms with Gasteiger partial charge in [-0.05, 0) is 25.2 Å². The minimum absolute atomic E-state index is 0.0628. The highest BCUT2D eigenvalue weighted by Crippen LogP contribution is 2.18. The van der Waals surface area contributed by atoms with Crippen LogP contribution >= 0.6 is 0 Å². The van der Waals surface area contributed by atoms with E-state index >= 15 is 0 Å². The molecule has 6 heteroatoms. The highest BCUT2D eigenvalue weighted by molar-refractivity contribution is 5.71. The Morgan fingerprint density at radius 3 is 0.867 bits per heavy atom. The molecule has 2 atom stereocenters. The van der Waals surface area contributed by atoms with Crippen molar-refractivity contribution >= 4 is 17.9 Å². The highest BCUT2D eigenvalue weighted by Gasteiger charge is 2.19. The summed E-state index contributed by atoms with van der Waals surface area (Å²) in [5.41, 5.74) is 0. The van der Waals surface area contributed by atoms with Crippen molar-refractivity contribution in [3.05, 3.63) is 0 Å². The molecular weight excluding hydrogens is 745 g/mol. The average Bonchev–Trinajstić information content (AvgIpc) is 3.25. The molecule has 0 bridgehead atoms. The second kappa shape index (κ2) is 48.4. The third-order valence-electron chi connectivity index (χ3n) is 12.7. The quantitative estimate of drug-likeness (QED) is 0.0345. The van der Waals surface area contributed by atoms with Crippen LogP contribution in [0.2, 0.25) is 0 Å². The summed E-state index contributed by atoms with van der Waals surface area (Å²) in [5, 5.41) is 0. The Morgan fingerprint density at radius 1 is 0.333 bits per heavy atom. The third-order valence-corrected chi connectivity index (χ3v) is 12.7. The van der Waals surface area contributed by atoms with Gasteiger partial charge in [-0.1, -0.05) is 265 Å². The zero-order chi connectivity index (χ0) is 43.8. The largest absolute Gasteiger partial charge is 0.462 e. The lowest BCUT2D eigenvalue weighted by Crippen LogP contribution is -2.30. The minimum atomic E-state index is -0.761. The zero-order valence-corrected chi connectivity index (χ0v) is 40.9. The van der Waals surface area contributed by atoms with E-state index in [9.17, 15) is 14.4 Å². The average molecular weight is 849 g/mol. The summed E-state index contributed by atoms with van der Waals surface area (Å²) in [6.45, 7) is 9.04. The van der Waals surface area contributed by atoms with Gasteiger partial charge in [0.1, 0.15) is 13.2 Å². The van der Waals surface area contributed by atoms with Gasteiger partial charge in [0.15, 0.2) is 6.10 Å².